The van der Waals surface area contributed by atoms with Gasteiger partial charge in [0.25, 0.3) is 5.82 Å². The Morgan fingerprint density at radius 2 is 2.50 bits per heavy atom. The van der Waals surface area contributed by atoms with Crippen molar-refractivity contribution in [1.29, 1.82) is 0 Å². The standard InChI is InChI=1S/C2HN3O2S/c6-2(7)1-3-5-8-4-1/h(H,6,7). The lowest BCUT2D eigenvalue weighted by molar-refractivity contribution is 0.0684. The smallest absolute Gasteiger partial charge is 0.376 e. The van der Waals surface area contributed by atoms with E-state index in [1.165, 1.54) is 0 Å². The van der Waals surface area contributed by atoms with Crippen molar-refractivity contribution in [3.63, 3.8) is 0 Å². The van der Waals surface area contributed by atoms with Crippen molar-refractivity contribution in [2.75, 3.05) is 0 Å². The first-order valence-corrected chi connectivity index (χ1v) is 2.42. The van der Waals surface area contributed by atoms with Gasteiger partial charge in [-0.15, -0.1) is 9.47 Å². The van der Waals surface area contributed by atoms with Gasteiger partial charge in [0.2, 0.25) is 0 Å². The third-order valence-corrected chi connectivity index (χ3v) is 0.900. The highest BCUT2D eigenvalue weighted by Crippen LogP contribution is 1.86. The van der Waals surface area contributed by atoms with Crippen LogP contribution in [0.2, 0.25) is 0 Å². The summed E-state index contributed by atoms with van der Waals surface area (Å²) in [6, 6.07) is 0. The van der Waals surface area contributed by atoms with Crippen molar-refractivity contribution < 1.29 is 9.90 Å². The summed E-state index contributed by atoms with van der Waals surface area (Å²) in [5.41, 5.74) is 0. The molecular weight excluding hydrogens is 130 g/mol. The fourth-order valence-electron chi connectivity index (χ4n) is 0.214. The minimum atomic E-state index is -1.14. The second-order valence-corrected chi connectivity index (χ2v) is 1.49. The topological polar surface area (TPSA) is 76.0 Å². The Labute approximate surface area is 48.3 Å². The van der Waals surface area contributed by atoms with Gasteiger partial charge in [-0.25, -0.2) is 4.79 Å². The first kappa shape index (κ1) is 5.10. The number of aromatic carboxylic acids is 1. The molecule has 42 valence electrons. The molecule has 1 N–H and O–H groups in total. The number of carboxylic acids is 1. The van der Waals surface area contributed by atoms with Crippen LogP contribution in [0.3, 0.4) is 0 Å². The number of rotatable bonds is 1. The molecule has 0 aliphatic heterocycles. The van der Waals surface area contributed by atoms with Gasteiger partial charge < -0.3 is 5.11 Å². The van der Waals surface area contributed by atoms with E-state index in [2.05, 4.69) is 14.0 Å². The summed E-state index contributed by atoms with van der Waals surface area (Å²) in [5.74, 6) is -1.38. The average molecular weight is 131 g/mol. The summed E-state index contributed by atoms with van der Waals surface area (Å²) in [5, 5.41) is 11.3. The Balaban J connectivity index is 2.93. The van der Waals surface area contributed by atoms with E-state index in [9.17, 15) is 4.79 Å². The Morgan fingerprint density at radius 1 is 1.75 bits per heavy atom. The van der Waals surface area contributed by atoms with Crippen LogP contribution < -0.4 is 0 Å². The highest BCUT2D eigenvalue weighted by molar-refractivity contribution is 6.98. The number of hydrogen-bond donors (Lipinski definition) is 1. The Hall–Kier alpha value is -1.04. The lowest BCUT2D eigenvalue weighted by Gasteiger charge is -1.73. The van der Waals surface area contributed by atoms with E-state index in [1.54, 1.807) is 0 Å². The zero-order valence-corrected chi connectivity index (χ0v) is 4.42. The molecule has 0 spiro atoms. The quantitative estimate of drug-likeness (QED) is 0.562. The molecule has 0 saturated heterocycles. The van der Waals surface area contributed by atoms with Gasteiger partial charge in [-0.2, -0.15) is 0 Å². The predicted octanol–water partition coefficient (Wildman–Crippen LogP) is -0.369. The van der Waals surface area contributed by atoms with Crippen molar-refractivity contribution in [2.45, 2.75) is 0 Å². The van der Waals surface area contributed by atoms with E-state index in [0.29, 0.717) is 0 Å². The molecule has 1 heterocycles. The molecule has 0 radical (unpaired) electrons. The fourth-order valence-corrected chi connectivity index (χ4v) is 0.556. The highest BCUT2D eigenvalue weighted by atomic mass is 32.1. The van der Waals surface area contributed by atoms with Gasteiger partial charge in [0.15, 0.2) is 0 Å². The first-order valence-electron chi connectivity index (χ1n) is 1.69. The number of hydrogen-bond acceptors (Lipinski definition) is 5. The summed E-state index contributed by atoms with van der Waals surface area (Å²) < 4.78 is 6.58. The van der Waals surface area contributed by atoms with E-state index in [-0.39, 0.29) is 5.82 Å². The molecule has 0 fully saturated rings. The molecule has 1 aromatic rings. The Kier molecular flexibility index (Phi) is 1.17. The lowest BCUT2D eigenvalue weighted by atomic mass is 10.7. The zero-order valence-electron chi connectivity index (χ0n) is 3.61. The second-order valence-electron chi connectivity index (χ2n) is 0.983. The van der Waals surface area contributed by atoms with Gasteiger partial charge in [0, 0.05) is 0 Å². The molecule has 1 rings (SSSR count). The van der Waals surface area contributed by atoms with Crippen LogP contribution in [0, 0.1) is 0 Å². The Morgan fingerprint density at radius 3 is 2.75 bits per heavy atom. The maximum atomic E-state index is 9.90. The van der Waals surface area contributed by atoms with Crippen molar-refractivity contribution in [3.8, 4) is 0 Å². The summed E-state index contributed by atoms with van der Waals surface area (Å²) in [7, 11) is 0. The minimum Gasteiger partial charge on any atom is -0.475 e. The van der Waals surface area contributed by atoms with Crippen LogP contribution >= 0.6 is 11.7 Å². The van der Waals surface area contributed by atoms with Crippen molar-refractivity contribution in [1.82, 2.24) is 14.0 Å². The maximum Gasteiger partial charge on any atom is 0.376 e. The summed E-state index contributed by atoms with van der Waals surface area (Å²) in [4.78, 5) is 9.90. The zero-order chi connectivity index (χ0) is 5.98. The van der Waals surface area contributed by atoms with Gasteiger partial charge in [-0.1, -0.05) is 4.49 Å². The molecule has 0 amide bonds. The molecule has 0 aromatic carbocycles. The van der Waals surface area contributed by atoms with E-state index < -0.39 is 5.97 Å². The monoisotopic (exact) mass is 131 g/mol. The van der Waals surface area contributed by atoms with Crippen LogP contribution in [0.1, 0.15) is 10.6 Å². The minimum absolute atomic E-state index is 0.241. The maximum absolute atomic E-state index is 9.90. The van der Waals surface area contributed by atoms with E-state index in [1.807, 2.05) is 0 Å². The molecule has 0 aliphatic carbocycles. The number of carbonyl (C=O) groups is 1. The normalized spacial score (nSPS) is 9.00. The van der Waals surface area contributed by atoms with Crippen LogP contribution in [-0.4, -0.2) is 25.0 Å². The van der Waals surface area contributed by atoms with Gasteiger partial charge >= 0.3 is 5.97 Å². The molecule has 0 bridgehead atoms. The van der Waals surface area contributed by atoms with Gasteiger partial charge in [-0.3, -0.25) is 0 Å². The molecule has 5 nitrogen and oxygen atoms in total. The summed E-state index contributed by atoms with van der Waals surface area (Å²) in [6.45, 7) is 0. The molecule has 0 unspecified atom stereocenters. The lowest BCUT2D eigenvalue weighted by Crippen LogP contribution is -1.97. The number of aromatic nitrogens is 3. The summed E-state index contributed by atoms with van der Waals surface area (Å²) in [6.07, 6.45) is 0. The van der Waals surface area contributed by atoms with E-state index >= 15 is 0 Å². The summed E-state index contributed by atoms with van der Waals surface area (Å²) >= 11 is 0.776. The van der Waals surface area contributed by atoms with Gasteiger partial charge in [-0.05, 0) is 0 Å². The largest absolute Gasteiger partial charge is 0.475 e. The predicted molar refractivity (Wildman–Crippen MR) is 24.7 cm³/mol. The average Bonchev–Trinajstić information content (AvgIpc) is 2.12. The van der Waals surface area contributed by atoms with Crippen LogP contribution in [0.5, 0.6) is 0 Å². The third kappa shape index (κ3) is 0.784. The van der Waals surface area contributed by atoms with Crippen molar-refractivity contribution >= 4 is 17.7 Å². The van der Waals surface area contributed by atoms with Crippen molar-refractivity contribution in [3.05, 3.63) is 5.82 Å². The molecule has 0 aliphatic rings. The van der Waals surface area contributed by atoms with Gasteiger partial charge in [0.05, 0.1) is 11.7 Å². The molecule has 0 saturated carbocycles. The van der Waals surface area contributed by atoms with Crippen molar-refractivity contribution in [2.24, 2.45) is 0 Å². The molecular formula is C2HN3O2S. The molecule has 8 heavy (non-hydrogen) atoms. The van der Waals surface area contributed by atoms with Crippen LogP contribution in [0.15, 0.2) is 0 Å². The molecule has 1 aromatic heterocycles. The van der Waals surface area contributed by atoms with Crippen LogP contribution in [-0.2, 0) is 0 Å². The van der Waals surface area contributed by atoms with E-state index in [4.69, 9.17) is 5.11 Å². The fraction of sp³-hybridized carbons (Fsp3) is 0. The number of nitrogens with zero attached hydrogens (tertiary/aromatic N) is 3. The first-order chi connectivity index (χ1) is 3.80. The molecule has 0 atom stereocenters. The highest BCUT2D eigenvalue weighted by Gasteiger charge is 2.05. The third-order valence-electron chi connectivity index (χ3n) is 0.491. The van der Waals surface area contributed by atoms with Gasteiger partial charge in [0.1, 0.15) is 0 Å². The Bertz CT molecular complexity index is 183. The SMILES string of the molecule is O=C(O)c1nnsn1. The second kappa shape index (κ2) is 1.83. The van der Waals surface area contributed by atoms with Crippen LogP contribution in [0.25, 0.3) is 0 Å². The van der Waals surface area contributed by atoms with E-state index in [0.717, 1.165) is 11.7 Å². The number of carboxylic acid groups (broad SMARTS) is 1. The van der Waals surface area contributed by atoms with Crippen LogP contribution in [0.4, 0.5) is 0 Å². The molecule has 6 heteroatoms.